The molecule has 23 heavy (non-hydrogen) atoms. The fraction of sp³-hybridized carbons (Fsp3) is 0.353. The maximum absolute atomic E-state index is 11.4. The predicted molar refractivity (Wildman–Crippen MR) is 89.7 cm³/mol. The van der Waals surface area contributed by atoms with Gasteiger partial charge >= 0.3 is 6.09 Å². The van der Waals surface area contributed by atoms with E-state index in [2.05, 4.69) is 26.9 Å². The summed E-state index contributed by atoms with van der Waals surface area (Å²) in [4.78, 5) is 21.7. The van der Waals surface area contributed by atoms with Gasteiger partial charge in [-0.15, -0.1) is 0 Å². The largest absolute Gasteiger partial charge is 0.453 e. The third-order valence-electron chi connectivity index (χ3n) is 3.39. The normalized spacial score (nSPS) is 10.3. The van der Waals surface area contributed by atoms with Crippen molar-refractivity contribution in [2.45, 2.75) is 26.8 Å². The van der Waals surface area contributed by atoms with Gasteiger partial charge in [-0.3, -0.25) is 0 Å². The number of ether oxygens (including phenoxy) is 1. The molecule has 1 heterocycles. The van der Waals surface area contributed by atoms with Gasteiger partial charge in [0.25, 0.3) is 0 Å². The first-order valence-electron chi connectivity index (χ1n) is 7.51. The molecule has 1 N–H and O–H groups in total. The molecule has 0 aliphatic rings. The highest BCUT2D eigenvalue weighted by atomic mass is 16.5. The van der Waals surface area contributed by atoms with E-state index in [4.69, 9.17) is 0 Å². The van der Waals surface area contributed by atoms with Crippen molar-refractivity contribution in [3.8, 4) is 0 Å². The Morgan fingerprint density at radius 3 is 2.57 bits per heavy atom. The number of carbonyl (C=O) groups is 1. The van der Waals surface area contributed by atoms with Gasteiger partial charge in [-0.2, -0.15) is 0 Å². The number of carbonyl (C=O) groups excluding carboxylic acids is 1. The Morgan fingerprint density at radius 1 is 1.26 bits per heavy atom. The minimum Gasteiger partial charge on any atom is -0.453 e. The lowest BCUT2D eigenvalue weighted by atomic mass is 10.2. The quantitative estimate of drug-likeness (QED) is 0.917. The lowest BCUT2D eigenvalue weighted by Crippen LogP contribution is -2.25. The average molecular weight is 314 g/mol. The summed E-state index contributed by atoms with van der Waals surface area (Å²) in [5.41, 5.74) is 2.97. The van der Waals surface area contributed by atoms with Crippen LogP contribution >= 0.6 is 0 Å². The number of aryl methyl sites for hydroxylation is 2. The molecular weight excluding hydrogens is 292 g/mol. The van der Waals surface area contributed by atoms with Gasteiger partial charge in [0, 0.05) is 31.0 Å². The van der Waals surface area contributed by atoms with Gasteiger partial charge < -0.3 is 15.0 Å². The second-order valence-corrected chi connectivity index (χ2v) is 5.29. The Labute approximate surface area is 136 Å². The van der Waals surface area contributed by atoms with Crippen molar-refractivity contribution >= 4 is 17.6 Å². The number of methoxy groups -OCH3 is 1. The van der Waals surface area contributed by atoms with Crippen molar-refractivity contribution in [2.24, 2.45) is 0 Å². The van der Waals surface area contributed by atoms with E-state index in [0.717, 1.165) is 35.0 Å². The molecule has 6 heteroatoms. The van der Waals surface area contributed by atoms with E-state index in [1.807, 2.05) is 37.3 Å². The standard InChI is InChI=1S/C17H22N4O2/c1-5-14-10-16(19-12(2)18-14)20-15-8-6-13(7-9-15)11-21(3)17(22)23-4/h6-10H,5,11H2,1-4H3,(H,18,19,20). The van der Waals surface area contributed by atoms with Crippen LogP contribution < -0.4 is 5.32 Å². The van der Waals surface area contributed by atoms with Crippen molar-refractivity contribution in [2.75, 3.05) is 19.5 Å². The van der Waals surface area contributed by atoms with Crippen LogP contribution in [0, 0.1) is 6.92 Å². The molecule has 0 unspecified atom stereocenters. The van der Waals surface area contributed by atoms with Crippen molar-refractivity contribution < 1.29 is 9.53 Å². The minimum atomic E-state index is -0.351. The Bertz CT molecular complexity index is 671. The number of hydrogen-bond acceptors (Lipinski definition) is 5. The smallest absolute Gasteiger partial charge is 0.409 e. The van der Waals surface area contributed by atoms with Gasteiger partial charge in [-0.1, -0.05) is 19.1 Å². The van der Waals surface area contributed by atoms with Crippen LogP contribution in [0.5, 0.6) is 0 Å². The molecule has 0 spiro atoms. The number of rotatable bonds is 5. The molecule has 0 fully saturated rings. The summed E-state index contributed by atoms with van der Waals surface area (Å²) in [6.07, 6.45) is 0.521. The summed E-state index contributed by atoms with van der Waals surface area (Å²) in [6.45, 7) is 4.45. The molecule has 122 valence electrons. The number of amides is 1. The number of nitrogens with one attached hydrogen (secondary N) is 1. The van der Waals surface area contributed by atoms with Crippen LogP contribution in [0.4, 0.5) is 16.3 Å². The van der Waals surface area contributed by atoms with Crippen LogP contribution in [0.3, 0.4) is 0 Å². The van der Waals surface area contributed by atoms with Crippen molar-refractivity contribution in [3.05, 3.63) is 47.4 Å². The first-order chi connectivity index (χ1) is 11.0. The molecule has 1 amide bonds. The van der Waals surface area contributed by atoms with E-state index in [-0.39, 0.29) is 6.09 Å². The van der Waals surface area contributed by atoms with Gasteiger partial charge in [-0.05, 0) is 31.0 Å². The molecule has 2 aromatic rings. The first-order valence-corrected chi connectivity index (χ1v) is 7.51. The fourth-order valence-corrected chi connectivity index (χ4v) is 2.21. The van der Waals surface area contributed by atoms with Crippen LogP contribution in [0.15, 0.2) is 30.3 Å². The van der Waals surface area contributed by atoms with Gasteiger partial charge in [-0.25, -0.2) is 14.8 Å². The summed E-state index contributed by atoms with van der Waals surface area (Å²) in [5.74, 6) is 1.54. The Kier molecular flexibility index (Phi) is 5.51. The second-order valence-electron chi connectivity index (χ2n) is 5.29. The van der Waals surface area contributed by atoms with Crippen molar-refractivity contribution in [1.29, 1.82) is 0 Å². The summed E-state index contributed by atoms with van der Waals surface area (Å²) in [6, 6.07) is 9.81. The van der Waals surface area contributed by atoms with E-state index in [1.165, 1.54) is 12.0 Å². The number of benzene rings is 1. The van der Waals surface area contributed by atoms with Crippen molar-refractivity contribution in [3.63, 3.8) is 0 Å². The van der Waals surface area contributed by atoms with Crippen LogP contribution in [0.2, 0.25) is 0 Å². The Morgan fingerprint density at radius 2 is 1.96 bits per heavy atom. The zero-order valence-corrected chi connectivity index (χ0v) is 14.0. The summed E-state index contributed by atoms with van der Waals surface area (Å²) in [7, 11) is 3.08. The predicted octanol–water partition coefficient (Wildman–Crippen LogP) is 3.29. The maximum atomic E-state index is 11.4. The zero-order chi connectivity index (χ0) is 16.8. The minimum absolute atomic E-state index is 0.351. The number of aromatic nitrogens is 2. The first kappa shape index (κ1) is 16.7. The molecular formula is C17H22N4O2. The van der Waals surface area contributed by atoms with Crippen LogP contribution in [0.1, 0.15) is 24.0 Å². The van der Waals surface area contributed by atoms with Crippen LogP contribution in [-0.2, 0) is 17.7 Å². The van der Waals surface area contributed by atoms with Gasteiger partial charge in [0.2, 0.25) is 0 Å². The van der Waals surface area contributed by atoms with Gasteiger partial charge in [0.1, 0.15) is 11.6 Å². The van der Waals surface area contributed by atoms with E-state index in [9.17, 15) is 4.79 Å². The van der Waals surface area contributed by atoms with Gasteiger partial charge in [0.15, 0.2) is 0 Å². The zero-order valence-electron chi connectivity index (χ0n) is 14.0. The molecule has 0 bridgehead atoms. The van der Waals surface area contributed by atoms with Gasteiger partial charge in [0.05, 0.1) is 7.11 Å². The number of hydrogen-bond donors (Lipinski definition) is 1. The third-order valence-corrected chi connectivity index (χ3v) is 3.39. The Hall–Kier alpha value is -2.63. The third kappa shape index (κ3) is 4.67. The highest BCUT2D eigenvalue weighted by Crippen LogP contribution is 2.17. The Balaban J connectivity index is 2.05. The number of anilines is 2. The van der Waals surface area contributed by atoms with E-state index >= 15 is 0 Å². The molecule has 0 radical (unpaired) electrons. The molecule has 0 saturated heterocycles. The summed E-state index contributed by atoms with van der Waals surface area (Å²) < 4.78 is 4.68. The van der Waals surface area contributed by atoms with E-state index in [0.29, 0.717) is 6.54 Å². The highest BCUT2D eigenvalue weighted by molar-refractivity contribution is 5.67. The lowest BCUT2D eigenvalue weighted by molar-refractivity contribution is 0.131. The van der Waals surface area contributed by atoms with Crippen LogP contribution in [0.25, 0.3) is 0 Å². The van der Waals surface area contributed by atoms with E-state index < -0.39 is 0 Å². The molecule has 0 saturated carbocycles. The molecule has 0 aliphatic heterocycles. The lowest BCUT2D eigenvalue weighted by Gasteiger charge is -2.15. The molecule has 0 atom stereocenters. The SMILES string of the molecule is CCc1cc(Nc2ccc(CN(C)C(=O)OC)cc2)nc(C)n1. The van der Waals surface area contributed by atoms with Crippen LogP contribution in [-0.4, -0.2) is 35.1 Å². The molecule has 1 aromatic heterocycles. The molecule has 1 aromatic carbocycles. The summed E-state index contributed by atoms with van der Waals surface area (Å²) >= 11 is 0. The second kappa shape index (κ2) is 7.58. The van der Waals surface area contributed by atoms with E-state index in [1.54, 1.807) is 7.05 Å². The fourth-order valence-electron chi connectivity index (χ4n) is 2.21. The van der Waals surface area contributed by atoms with Crippen molar-refractivity contribution in [1.82, 2.24) is 14.9 Å². The summed E-state index contributed by atoms with van der Waals surface area (Å²) in [5, 5.41) is 3.28. The molecule has 6 nitrogen and oxygen atoms in total. The highest BCUT2D eigenvalue weighted by Gasteiger charge is 2.08. The number of nitrogens with zero attached hydrogens (tertiary/aromatic N) is 3. The topological polar surface area (TPSA) is 67.4 Å². The average Bonchev–Trinajstić information content (AvgIpc) is 2.55. The maximum Gasteiger partial charge on any atom is 0.409 e. The molecule has 0 aliphatic carbocycles. The molecule has 2 rings (SSSR count). The monoisotopic (exact) mass is 314 g/mol.